The molecule has 0 aliphatic rings. The predicted octanol–water partition coefficient (Wildman–Crippen LogP) is 5.18. The van der Waals surface area contributed by atoms with Gasteiger partial charge in [0.2, 0.25) is 11.1 Å². The second-order valence-corrected chi connectivity index (χ2v) is 6.61. The molecule has 2 N–H and O–H groups in total. The molecule has 3 rings (SSSR count). The Bertz CT molecular complexity index is 738. The van der Waals surface area contributed by atoms with Crippen LogP contribution in [0.15, 0.2) is 59.8 Å². The van der Waals surface area contributed by atoms with Gasteiger partial charge in [-0.05, 0) is 36.1 Å². The van der Waals surface area contributed by atoms with Gasteiger partial charge in [0.05, 0.1) is 0 Å². The first-order valence-corrected chi connectivity index (χ1v) is 9.27. The second kappa shape index (κ2) is 8.55. The number of hydrogen-bond donors (Lipinski definition) is 2. The van der Waals surface area contributed by atoms with Crippen LogP contribution in [0.2, 0.25) is 0 Å². The summed E-state index contributed by atoms with van der Waals surface area (Å²) < 4.78 is 0. The van der Waals surface area contributed by atoms with Gasteiger partial charge < -0.3 is 5.32 Å². The molecule has 2 aromatic carbocycles. The standard InChI is InChI=1S/C19H22N4S/c1-2-3-7-15-10-12-17(13-11-15)20-18-21-19(23-22-18)24-14-16-8-5-4-6-9-16/h4-6,8-13H,2-3,7,14H2,1H3,(H2,20,21,22,23). The molecule has 0 atom stereocenters. The largest absolute Gasteiger partial charge is 0.325 e. The zero-order chi connectivity index (χ0) is 16.6. The van der Waals surface area contributed by atoms with Gasteiger partial charge in [0, 0.05) is 11.4 Å². The van der Waals surface area contributed by atoms with E-state index >= 15 is 0 Å². The molecule has 0 bridgehead atoms. The van der Waals surface area contributed by atoms with Crippen LogP contribution in [0, 0.1) is 0 Å². The molecular weight excluding hydrogens is 316 g/mol. The van der Waals surface area contributed by atoms with Crippen LogP contribution in [0.3, 0.4) is 0 Å². The minimum atomic E-state index is 0.673. The van der Waals surface area contributed by atoms with Gasteiger partial charge in [-0.15, -0.1) is 5.10 Å². The molecule has 1 heterocycles. The number of H-pyrrole nitrogens is 1. The highest BCUT2D eigenvalue weighted by atomic mass is 32.2. The Balaban J connectivity index is 1.53. The third kappa shape index (κ3) is 4.86. The maximum Gasteiger partial charge on any atom is 0.223 e. The molecule has 0 radical (unpaired) electrons. The second-order valence-electron chi connectivity index (χ2n) is 5.67. The van der Waals surface area contributed by atoms with Gasteiger partial charge in [0.15, 0.2) is 0 Å². The molecule has 0 aliphatic carbocycles. The summed E-state index contributed by atoms with van der Waals surface area (Å²) in [5.41, 5.74) is 3.66. The van der Waals surface area contributed by atoms with Gasteiger partial charge in [0.25, 0.3) is 0 Å². The fourth-order valence-electron chi connectivity index (χ4n) is 2.36. The van der Waals surface area contributed by atoms with Crippen LogP contribution in [-0.2, 0) is 12.2 Å². The van der Waals surface area contributed by atoms with E-state index in [1.165, 1.54) is 24.0 Å². The van der Waals surface area contributed by atoms with E-state index in [-0.39, 0.29) is 0 Å². The van der Waals surface area contributed by atoms with Gasteiger partial charge >= 0.3 is 0 Å². The number of nitrogens with one attached hydrogen (secondary N) is 2. The maximum absolute atomic E-state index is 4.48. The van der Waals surface area contributed by atoms with Crippen LogP contribution in [0.5, 0.6) is 0 Å². The molecule has 24 heavy (non-hydrogen) atoms. The first-order valence-electron chi connectivity index (χ1n) is 8.28. The highest BCUT2D eigenvalue weighted by Crippen LogP contribution is 2.21. The van der Waals surface area contributed by atoms with Crippen LogP contribution in [0.25, 0.3) is 0 Å². The van der Waals surface area contributed by atoms with Crippen LogP contribution >= 0.6 is 11.8 Å². The lowest BCUT2D eigenvalue weighted by atomic mass is 10.1. The SMILES string of the molecule is CCCCc1ccc(Nc2nc(SCc3ccccc3)n[nH]2)cc1. The molecule has 0 amide bonds. The van der Waals surface area contributed by atoms with E-state index in [2.05, 4.69) is 63.8 Å². The molecule has 3 aromatic rings. The summed E-state index contributed by atoms with van der Waals surface area (Å²) in [5, 5.41) is 11.2. The Labute approximate surface area is 147 Å². The minimum Gasteiger partial charge on any atom is -0.325 e. The highest BCUT2D eigenvalue weighted by molar-refractivity contribution is 7.98. The summed E-state index contributed by atoms with van der Waals surface area (Å²) in [6.45, 7) is 2.22. The van der Waals surface area contributed by atoms with Crippen molar-refractivity contribution in [3.63, 3.8) is 0 Å². The average molecular weight is 338 g/mol. The van der Waals surface area contributed by atoms with Gasteiger partial charge in [-0.1, -0.05) is 67.6 Å². The Hall–Kier alpha value is -2.27. The van der Waals surface area contributed by atoms with E-state index in [4.69, 9.17) is 0 Å². The van der Waals surface area contributed by atoms with Gasteiger partial charge in [0.1, 0.15) is 0 Å². The van der Waals surface area contributed by atoms with Crippen molar-refractivity contribution >= 4 is 23.4 Å². The quantitative estimate of drug-likeness (QED) is 0.555. The van der Waals surface area contributed by atoms with Crippen molar-refractivity contribution < 1.29 is 0 Å². The molecule has 4 nitrogen and oxygen atoms in total. The van der Waals surface area contributed by atoms with Gasteiger partial charge in [-0.2, -0.15) is 4.98 Å². The lowest BCUT2D eigenvalue weighted by Crippen LogP contribution is -1.93. The molecule has 0 aliphatic heterocycles. The Morgan fingerprint density at radius 3 is 2.54 bits per heavy atom. The lowest BCUT2D eigenvalue weighted by molar-refractivity contribution is 0.795. The van der Waals surface area contributed by atoms with Crippen molar-refractivity contribution in [1.82, 2.24) is 15.2 Å². The fourth-order valence-corrected chi connectivity index (χ4v) is 3.12. The zero-order valence-corrected chi connectivity index (χ0v) is 14.6. The van der Waals surface area contributed by atoms with Crippen molar-refractivity contribution in [2.75, 3.05) is 5.32 Å². The molecule has 0 saturated heterocycles. The van der Waals surface area contributed by atoms with Crippen LogP contribution in [-0.4, -0.2) is 15.2 Å². The zero-order valence-electron chi connectivity index (χ0n) is 13.8. The molecule has 124 valence electrons. The van der Waals surface area contributed by atoms with Crippen LogP contribution < -0.4 is 5.32 Å². The van der Waals surface area contributed by atoms with Crippen molar-refractivity contribution in [1.29, 1.82) is 0 Å². The first kappa shape index (κ1) is 16.6. The number of aryl methyl sites for hydroxylation is 1. The third-order valence-corrected chi connectivity index (χ3v) is 4.63. The number of hydrogen-bond acceptors (Lipinski definition) is 4. The smallest absolute Gasteiger partial charge is 0.223 e. The van der Waals surface area contributed by atoms with E-state index < -0.39 is 0 Å². The summed E-state index contributed by atoms with van der Waals surface area (Å²) in [6, 6.07) is 18.8. The topological polar surface area (TPSA) is 53.6 Å². The molecule has 0 fully saturated rings. The summed E-state index contributed by atoms with van der Waals surface area (Å²) in [5.74, 6) is 1.54. The summed E-state index contributed by atoms with van der Waals surface area (Å²) >= 11 is 1.62. The van der Waals surface area contributed by atoms with E-state index in [9.17, 15) is 0 Å². The maximum atomic E-state index is 4.48. The summed E-state index contributed by atoms with van der Waals surface area (Å²) in [6.07, 6.45) is 3.59. The van der Waals surface area contributed by atoms with Crippen molar-refractivity contribution in [2.24, 2.45) is 0 Å². The highest BCUT2D eigenvalue weighted by Gasteiger charge is 2.05. The number of unbranched alkanes of at least 4 members (excludes halogenated alkanes) is 1. The Kier molecular flexibility index (Phi) is 5.90. The average Bonchev–Trinajstić information content (AvgIpc) is 3.08. The molecular formula is C19H22N4S. The van der Waals surface area contributed by atoms with Crippen LogP contribution in [0.1, 0.15) is 30.9 Å². The molecule has 5 heteroatoms. The number of benzene rings is 2. The molecule has 0 unspecified atom stereocenters. The summed E-state index contributed by atoms with van der Waals surface area (Å²) in [4.78, 5) is 4.48. The first-order chi connectivity index (χ1) is 11.8. The van der Waals surface area contributed by atoms with E-state index in [1.807, 2.05) is 18.2 Å². The van der Waals surface area contributed by atoms with Crippen molar-refractivity contribution in [3.05, 3.63) is 65.7 Å². The van der Waals surface area contributed by atoms with E-state index in [0.29, 0.717) is 5.95 Å². The Morgan fingerprint density at radius 1 is 1.00 bits per heavy atom. The Morgan fingerprint density at radius 2 is 1.79 bits per heavy atom. The number of nitrogens with zero attached hydrogens (tertiary/aromatic N) is 2. The molecule has 1 aromatic heterocycles. The predicted molar refractivity (Wildman–Crippen MR) is 101 cm³/mol. The number of aromatic amines is 1. The number of rotatable bonds is 8. The molecule has 0 saturated carbocycles. The number of aromatic nitrogens is 3. The van der Waals surface area contributed by atoms with Crippen molar-refractivity contribution in [2.45, 2.75) is 37.1 Å². The van der Waals surface area contributed by atoms with Gasteiger partial charge in [-0.3, -0.25) is 0 Å². The monoisotopic (exact) mass is 338 g/mol. The molecule has 0 spiro atoms. The number of thioether (sulfide) groups is 1. The lowest BCUT2D eigenvalue weighted by Gasteiger charge is -2.04. The van der Waals surface area contributed by atoms with E-state index in [0.717, 1.165) is 23.0 Å². The van der Waals surface area contributed by atoms with E-state index in [1.54, 1.807) is 11.8 Å². The summed E-state index contributed by atoms with van der Waals surface area (Å²) in [7, 11) is 0. The third-order valence-electron chi connectivity index (χ3n) is 3.71. The number of anilines is 2. The van der Waals surface area contributed by atoms with Crippen molar-refractivity contribution in [3.8, 4) is 0 Å². The normalized spacial score (nSPS) is 10.7. The fraction of sp³-hybridized carbons (Fsp3) is 0.263. The van der Waals surface area contributed by atoms with Gasteiger partial charge in [-0.25, -0.2) is 5.10 Å². The minimum absolute atomic E-state index is 0.673. The van der Waals surface area contributed by atoms with Crippen LogP contribution in [0.4, 0.5) is 11.6 Å².